The number of carbonyl (C=O) groups is 1. The quantitative estimate of drug-likeness (QED) is 0.678. The molecule has 1 amide bonds. The molecule has 3 aromatic rings. The number of aromatic nitrogens is 2. The molecular weight excluding hydrogens is 387 g/mol. The van der Waals surface area contributed by atoms with Crippen molar-refractivity contribution in [3.05, 3.63) is 58.2 Å². The van der Waals surface area contributed by atoms with Gasteiger partial charge >= 0.3 is 0 Å². The molecule has 2 N–H and O–H groups in total. The van der Waals surface area contributed by atoms with Gasteiger partial charge in [-0.15, -0.1) is 11.3 Å². The Hall–Kier alpha value is -2.38. The third-order valence-electron chi connectivity index (χ3n) is 4.63. The monoisotopic (exact) mass is 404 g/mol. The first kappa shape index (κ1) is 18.0. The van der Waals surface area contributed by atoms with Crippen LogP contribution in [-0.2, 0) is 11.2 Å². The molecule has 0 saturated carbocycles. The first-order valence-corrected chi connectivity index (χ1v) is 9.92. The van der Waals surface area contributed by atoms with Crippen LogP contribution in [-0.4, -0.2) is 35.2 Å². The largest absolute Gasteiger partial charge is 0.353 e. The van der Waals surface area contributed by atoms with Gasteiger partial charge in [-0.2, -0.15) is 5.10 Å². The van der Waals surface area contributed by atoms with Crippen LogP contribution in [0.15, 0.2) is 41.8 Å². The Kier molecular flexibility index (Phi) is 5.13. The summed E-state index contributed by atoms with van der Waals surface area (Å²) in [6.45, 7) is 1.48. The van der Waals surface area contributed by atoms with E-state index in [2.05, 4.69) is 20.4 Å². The molecule has 4 rings (SSSR count). The van der Waals surface area contributed by atoms with Crippen LogP contribution in [0.3, 0.4) is 0 Å². The number of rotatable bonds is 5. The van der Waals surface area contributed by atoms with Gasteiger partial charge in [0.2, 0.25) is 5.91 Å². The predicted octanol–water partition coefficient (Wildman–Crippen LogP) is 3.87. The highest BCUT2D eigenvalue weighted by Crippen LogP contribution is 2.27. The smallest absolute Gasteiger partial charge is 0.224 e. The molecule has 140 valence electrons. The summed E-state index contributed by atoms with van der Waals surface area (Å²) in [5, 5.41) is 12.7. The lowest BCUT2D eigenvalue weighted by molar-refractivity contribution is -0.121. The molecule has 1 aliphatic heterocycles. The van der Waals surface area contributed by atoms with E-state index in [-0.39, 0.29) is 29.0 Å². The maximum atomic E-state index is 13.8. The lowest BCUT2D eigenvalue weighted by Gasteiger charge is -2.16. The van der Waals surface area contributed by atoms with Gasteiger partial charge in [0.15, 0.2) is 5.82 Å². The van der Waals surface area contributed by atoms with E-state index in [1.165, 1.54) is 12.1 Å². The highest BCUT2D eigenvalue weighted by atomic mass is 35.5. The van der Waals surface area contributed by atoms with Gasteiger partial charge in [0.1, 0.15) is 5.82 Å². The number of thiophene rings is 1. The lowest BCUT2D eigenvalue weighted by atomic mass is 10.1. The van der Waals surface area contributed by atoms with Gasteiger partial charge < -0.3 is 10.2 Å². The van der Waals surface area contributed by atoms with Gasteiger partial charge in [0.05, 0.1) is 17.0 Å². The molecule has 0 unspecified atom stereocenters. The molecule has 1 aromatic carbocycles. The van der Waals surface area contributed by atoms with E-state index >= 15 is 0 Å². The second kappa shape index (κ2) is 7.70. The average Bonchev–Trinajstić information content (AvgIpc) is 3.38. The number of amides is 1. The highest BCUT2D eigenvalue weighted by Gasteiger charge is 2.26. The van der Waals surface area contributed by atoms with E-state index < -0.39 is 5.82 Å². The number of carbonyl (C=O) groups excluding carboxylic acids is 1. The first-order chi connectivity index (χ1) is 13.1. The second-order valence-corrected chi connectivity index (χ2v) is 7.85. The van der Waals surface area contributed by atoms with Crippen LogP contribution in [0.2, 0.25) is 5.02 Å². The van der Waals surface area contributed by atoms with Crippen molar-refractivity contribution in [2.24, 2.45) is 0 Å². The molecular formula is C19H18ClFN4OS. The Morgan fingerprint density at radius 1 is 1.41 bits per heavy atom. The third-order valence-corrected chi connectivity index (χ3v) is 5.88. The van der Waals surface area contributed by atoms with Crippen LogP contribution in [0.5, 0.6) is 0 Å². The lowest BCUT2D eigenvalue weighted by Crippen LogP contribution is -2.38. The zero-order chi connectivity index (χ0) is 18.8. The van der Waals surface area contributed by atoms with Crippen LogP contribution in [0.25, 0.3) is 10.6 Å². The van der Waals surface area contributed by atoms with E-state index in [0.717, 1.165) is 29.4 Å². The molecule has 5 nitrogen and oxygen atoms in total. The number of H-pyrrole nitrogens is 1. The summed E-state index contributed by atoms with van der Waals surface area (Å²) in [7, 11) is 0. The van der Waals surface area contributed by atoms with Crippen molar-refractivity contribution < 1.29 is 9.18 Å². The van der Waals surface area contributed by atoms with Crippen LogP contribution >= 0.6 is 22.9 Å². The molecule has 0 aliphatic carbocycles. The van der Waals surface area contributed by atoms with Crippen molar-refractivity contribution >= 4 is 34.7 Å². The van der Waals surface area contributed by atoms with Crippen LogP contribution in [0.4, 0.5) is 10.2 Å². The van der Waals surface area contributed by atoms with Gasteiger partial charge in [-0.05, 0) is 30.0 Å². The zero-order valence-electron chi connectivity index (χ0n) is 14.4. The minimum Gasteiger partial charge on any atom is -0.353 e. The SMILES string of the molecule is O=C(Cc1c(F)cccc1Cl)N[C@H]1CCN(c2cc(-c3cccs3)[nH]n2)C1. The van der Waals surface area contributed by atoms with Gasteiger partial charge in [0, 0.05) is 35.8 Å². The second-order valence-electron chi connectivity index (χ2n) is 6.49. The summed E-state index contributed by atoms with van der Waals surface area (Å²) >= 11 is 7.65. The van der Waals surface area contributed by atoms with Crippen LogP contribution in [0.1, 0.15) is 12.0 Å². The molecule has 3 heterocycles. The van der Waals surface area contributed by atoms with E-state index in [1.807, 2.05) is 23.6 Å². The molecule has 8 heteroatoms. The van der Waals surface area contributed by atoms with Crippen molar-refractivity contribution in [1.29, 1.82) is 0 Å². The average molecular weight is 405 g/mol. The van der Waals surface area contributed by atoms with Crippen molar-refractivity contribution in [3.8, 4) is 10.6 Å². The highest BCUT2D eigenvalue weighted by molar-refractivity contribution is 7.13. The summed E-state index contributed by atoms with van der Waals surface area (Å²) in [5.74, 6) is 0.186. The van der Waals surface area contributed by atoms with Crippen molar-refractivity contribution in [2.75, 3.05) is 18.0 Å². The van der Waals surface area contributed by atoms with Gasteiger partial charge in [-0.3, -0.25) is 9.89 Å². The molecule has 27 heavy (non-hydrogen) atoms. The number of hydrogen-bond donors (Lipinski definition) is 2. The Bertz CT molecular complexity index is 923. The third kappa shape index (κ3) is 3.99. The standard InChI is InChI=1S/C19H18ClFN4OS/c20-14-3-1-4-15(21)13(14)9-19(26)22-12-6-7-25(11-12)18-10-16(23-24-18)17-5-2-8-27-17/h1-5,8,10,12H,6-7,9,11H2,(H,22,26)(H,23,24)/t12-/m0/s1. The Labute approximate surface area is 165 Å². The first-order valence-electron chi connectivity index (χ1n) is 8.66. The van der Waals surface area contributed by atoms with Crippen LogP contribution in [0, 0.1) is 5.82 Å². The van der Waals surface area contributed by atoms with Gasteiger partial charge in [-0.25, -0.2) is 4.39 Å². The minimum absolute atomic E-state index is 0.00457. The van der Waals surface area contributed by atoms with Crippen molar-refractivity contribution in [3.63, 3.8) is 0 Å². The maximum Gasteiger partial charge on any atom is 0.224 e. The summed E-state index contributed by atoms with van der Waals surface area (Å²) in [6.07, 6.45) is 0.755. The number of benzene rings is 1. The molecule has 1 fully saturated rings. The normalized spacial score (nSPS) is 16.7. The number of anilines is 1. The fourth-order valence-electron chi connectivity index (χ4n) is 3.26. The van der Waals surface area contributed by atoms with Gasteiger partial charge in [0.25, 0.3) is 0 Å². The Morgan fingerprint density at radius 3 is 3.07 bits per heavy atom. The summed E-state index contributed by atoms with van der Waals surface area (Å²) < 4.78 is 13.8. The number of nitrogens with one attached hydrogen (secondary N) is 2. The summed E-state index contributed by atoms with van der Waals surface area (Å²) in [4.78, 5) is 15.6. The molecule has 0 radical (unpaired) electrons. The Morgan fingerprint density at radius 2 is 2.30 bits per heavy atom. The molecule has 0 spiro atoms. The number of nitrogens with zero attached hydrogens (tertiary/aromatic N) is 2. The molecule has 1 aliphatic rings. The summed E-state index contributed by atoms with van der Waals surface area (Å²) in [5.41, 5.74) is 1.22. The van der Waals surface area contributed by atoms with E-state index in [0.29, 0.717) is 6.54 Å². The summed E-state index contributed by atoms with van der Waals surface area (Å²) in [6, 6.07) is 10.5. The minimum atomic E-state index is -0.455. The number of aromatic amines is 1. The molecule has 2 aromatic heterocycles. The van der Waals surface area contributed by atoms with E-state index in [9.17, 15) is 9.18 Å². The van der Waals surface area contributed by atoms with E-state index in [4.69, 9.17) is 11.6 Å². The fraction of sp³-hybridized carbons (Fsp3) is 0.263. The van der Waals surface area contributed by atoms with Gasteiger partial charge in [-0.1, -0.05) is 23.7 Å². The topological polar surface area (TPSA) is 61.0 Å². The predicted molar refractivity (Wildman–Crippen MR) is 106 cm³/mol. The molecule has 0 bridgehead atoms. The number of halogens is 2. The van der Waals surface area contributed by atoms with E-state index in [1.54, 1.807) is 17.4 Å². The molecule has 1 atom stereocenters. The Balaban J connectivity index is 1.35. The maximum absolute atomic E-state index is 13.8. The van der Waals surface area contributed by atoms with Crippen molar-refractivity contribution in [2.45, 2.75) is 18.9 Å². The fourth-order valence-corrected chi connectivity index (χ4v) is 4.18. The number of hydrogen-bond acceptors (Lipinski definition) is 4. The zero-order valence-corrected chi connectivity index (χ0v) is 16.0. The van der Waals surface area contributed by atoms with Crippen LogP contribution < -0.4 is 10.2 Å². The molecule has 1 saturated heterocycles. The van der Waals surface area contributed by atoms with Crippen molar-refractivity contribution in [1.82, 2.24) is 15.5 Å².